The molecule has 0 fully saturated rings. The maximum Gasteiger partial charge on any atom is 0.282 e. The smallest absolute Gasteiger partial charge is 0.282 e. The van der Waals surface area contributed by atoms with Crippen molar-refractivity contribution in [1.29, 1.82) is 0 Å². The zero-order valence-corrected chi connectivity index (χ0v) is 14.6. The van der Waals surface area contributed by atoms with E-state index < -0.39 is 17.2 Å². The second-order valence-electron chi connectivity index (χ2n) is 5.36. The molecule has 0 unspecified atom stereocenters. The lowest BCUT2D eigenvalue weighted by atomic mass is 10.2. The average molecular weight is 361 g/mol. The van der Waals surface area contributed by atoms with Gasteiger partial charge >= 0.3 is 0 Å². The second kappa shape index (κ2) is 7.06. The Hall–Kier alpha value is -2.68. The van der Waals surface area contributed by atoms with Crippen LogP contribution >= 0.6 is 11.3 Å². The van der Waals surface area contributed by atoms with Gasteiger partial charge in [-0.1, -0.05) is 18.3 Å². The largest absolute Gasteiger partial charge is 0.295 e. The van der Waals surface area contributed by atoms with Crippen molar-refractivity contribution in [3.8, 4) is 0 Å². The standard InChI is InChI=1S/C16H16FN5O2S/c1-3-5-12-19-20-16(25-12)18-15(24)13-14(23)10-8-9(17)6-7-11(10)22(4-2)21-13/h6-8H,3-5H2,1-2H3,(H,18,20,24). The number of anilines is 1. The molecular weight excluding hydrogens is 345 g/mol. The molecule has 3 aromatic rings. The Bertz CT molecular complexity index is 998. The molecule has 7 nitrogen and oxygen atoms in total. The predicted molar refractivity (Wildman–Crippen MR) is 93.5 cm³/mol. The highest BCUT2D eigenvalue weighted by Crippen LogP contribution is 2.17. The molecule has 0 aliphatic heterocycles. The molecule has 2 heterocycles. The van der Waals surface area contributed by atoms with Crippen molar-refractivity contribution in [1.82, 2.24) is 20.0 Å². The van der Waals surface area contributed by atoms with Gasteiger partial charge in [0, 0.05) is 13.0 Å². The molecule has 0 spiro atoms. The number of carbonyl (C=O) groups is 1. The fraction of sp³-hybridized carbons (Fsp3) is 0.312. The van der Waals surface area contributed by atoms with Gasteiger partial charge in [0.15, 0.2) is 5.69 Å². The van der Waals surface area contributed by atoms with Crippen LogP contribution in [0.25, 0.3) is 10.9 Å². The molecule has 25 heavy (non-hydrogen) atoms. The van der Waals surface area contributed by atoms with Crippen LogP contribution in [0.3, 0.4) is 0 Å². The highest BCUT2D eigenvalue weighted by molar-refractivity contribution is 7.15. The van der Waals surface area contributed by atoms with E-state index in [1.165, 1.54) is 28.2 Å². The number of rotatable bonds is 5. The summed E-state index contributed by atoms with van der Waals surface area (Å²) in [6, 6.07) is 3.85. The molecule has 0 bridgehead atoms. The summed E-state index contributed by atoms with van der Waals surface area (Å²) in [7, 11) is 0. The van der Waals surface area contributed by atoms with Crippen molar-refractivity contribution in [3.05, 3.63) is 44.9 Å². The van der Waals surface area contributed by atoms with Crippen molar-refractivity contribution >= 4 is 33.3 Å². The SMILES string of the molecule is CCCc1nnc(NC(=O)c2nn(CC)c3ccc(F)cc3c2=O)s1. The number of nitrogens with zero attached hydrogens (tertiary/aromatic N) is 4. The third kappa shape index (κ3) is 3.41. The predicted octanol–water partition coefficient (Wildman–Crippen LogP) is 2.61. The van der Waals surface area contributed by atoms with E-state index in [0.29, 0.717) is 17.2 Å². The minimum Gasteiger partial charge on any atom is -0.295 e. The zero-order valence-electron chi connectivity index (χ0n) is 13.7. The first kappa shape index (κ1) is 17.2. The summed E-state index contributed by atoms with van der Waals surface area (Å²) in [4.78, 5) is 25.0. The third-order valence-electron chi connectivity index (χ3n) is 3.58. The lowest BCUT2D eigenvalue weighted by Crippen LogP contribution is -2.27. The van der Waals surface area contributed by atoms with Gasteiger partial charge in [-0.3, -0.25) is 19.6 Å². The lowest BCUT2D eigenvalue weighted by molar-refractivity contribution is 0.101. The molecule has 0 atom stereocenters. The average Bonchev–Trinajstić information content (AvgIpc) is 3.03. The Kier molecular flexibility index (Phi) is 4.84. The van der Waals surface area contributed by atoms with Gasteiger partial charge in [0.25, 0.3) is 5.91 Å². The minimum absolute atomic E-state index is 0.117. The fourth-order valence-corrected chi connectivity index (χ4v) is 3.26. The number of nitrogens with one attached hydrogen (secondary N) is 1. The molecular formula is C16H16FN5O2S. The Balaban J connectivity index is 2.00. The van der Waals surface area contributed by atoms with Crippen molar-refractivity contribution in [2.75, 3.05) is 5.32 Å². The summed E-state index contributed by atoms with van der Waals surface area (Å²) >= 11 is 1.25. The summed E-state index contributed by atoms with van der Waals surface area (Å²) in [5.74, 6) is -1.23. The van der Waals surface area contributed by atoms with E-state index in [2.05, 4.69) is 20.6 Å². The Morgan fingerprint density at radius 3 is 2.84 bits per heavy atom. The number of hydrogen-bond donors (Lipinski definition) is 1. The van der Waals surface area contributed by atoms with Gasteiger partial charge < -0.3 is 0 Å². The van der Waals surface area contributed by atoms with E-state index in [-0.39, 0.29) is 11.1 Å². The first-order valence-electron chi connectivity index (χ1n) is 7.87. The Morgan fingerprint density at radius 1 is 1.32 bits per heavy atom. The molecule has 2 aromatic heterocycles. The van der Waals surface area contributed by atoms with Crippen LogP contribution in [-0.4, -0.2) is 25.9 Å². The van der Waals surface area contributed by atoms with Crippen molar-refractivity contribution in [3.63, 3.8) is 0 Å². The van der Waals surface area contributed by atoms with Gasteiger partial charge in [-0.05, 0) is 31.5 Å². The molecule has 0 saturated heterocycles. The maximum absolute atomic E-state index is 13.5. The number of benzene rings is 1. The monoisotopic (exact) mass is 361 g/mol. The van der Waals surface area contributed by atoms with Crippen LogP contribution < -0.4 is 10.7 Å². The van der Waals surface area contributed by atoms with Gasteiger partial charge in [-0.2, -0.15) is 5.10 Å². The number of aromatic nitrogens is 4. The van der Waals surface area contributed by atoms with Crippen molar-refractivity contribution in [2.45, 2.75) is 33.2 Å². The third-order valence-corrected chi connectivity index (χ3v) is 4.48. The van der Waals surface area contributed by atoms with Crippen LogP contribution in [0.15, 0.2) is 23.0 Å². The highest BCUT2D eigenvalue weighted by atomic mass is 32.1. The van der Waals surface area contributed by atoms with Crippen LogP contribution in [0.1, 0.15) is 35.8 Å². The summed E-state index contributed by atoms with van der Waals surface area (Å²) in [6.45, 7) is 4.27. The molecule has 1 amide bonds. The van der Waals surface area contributed by atoms with Crippen molar-refractivity contribution in [2.24, 2.45) is 0 Å². The minimum atomic E-state index is -0.683. The van der Waals surface area contributed by atoms with Crippen LogP contribution in [0, 0.1) is 5.82 Å². The first-order chi connectivity index (χ1) is 12.0. The number of aryl methyl sites for hydroxylation is 2. The van der Waals surface area contributed by atoms with Gasteiger partial charge in [-0.25, -0.2) is 4.39 Å². The number of fused-ring (bicyclic) bond motifs is 1. The molecule has 0 aliphatic carbocycles. The highest BCUT2D eigenvalue weighted by Gasteiger charge is 2.19. The van der Waals surface area contributed by atoms with E-state index in [9.17, 15) is 14.0 Å². The topological polar surface area (TPSA) is 89.8 Å². The van der Waals surface area contributed by atoms with Gasteiger partial charge in [0.05, 0.1) is 10.9 Å². The molecule has 0 aliphatic rings. The molecule has 9 heteroatoms. The summed E-state index contributed by atoms with van der Waals surface area (Å²) in [6.07, 6.45) is 1.69. The Morgan fingerprint density at radius 2 is 2.12 bits per heavy atom. The summed E-state index contributed by atoms with van der Waals surface area (Å²) in [5.41, 5.74) is -0.436. The number of amides is 1. The zero-order chi connectivity index (χ0) is 18.0. The molecule has 1 aromatic carbocycles. The molecule has 0 radical (unpaired) electrons. The fourth-order valence-electron chi connectivity index (χ4n) is 2.43. The summed E-state index contributed by atoms with van der Waals surface area (Å²) < 4.78 is 15.0. The molecule has 130 valence electrons. The van der Waals surface area contributed by atoms with Crippen LogP contribution in [0.5, 0.6) is 0 Å². The van der Waals surface area contributed by atoms with E-state index in [0.717, 1.165) is 23.9 Å². The van der Waals surface area contributed by atoms with Gasteiger partial charge in [0.1, 0.15) is 10.8 Å². The quantitative estimate of drug-likeness (QED) is 0.754. The normalized spacial score (nSPS) is 11.0. The van der Waals surface area contributed by atoms with E-state index >= 15 is 0 Å². The van der Waals surface area contributed by atoms with E-state index in [1.54, 1.807) is 0 Å². The number of halogens is 1. The maximum atomic E-state index is 13.5. The molecule has 1 N–H and O–H groups in total. The van der Waals surface area contributed by atoms with Gasteiger partial charge in [-0.15, -0.1) is 10.2 Å². The van der Waals surface area contributed by atoms with Gasteiger partial charge in [0.2, 0.25) is 10.6 Å². The van der Waals surface area contributed by atoms with Crippen LogP contribution in [-0.2, 0) is 13.0 Å². The first-order valence-corrected chi connectivity index (χ1v) is 8.69. The number of hydrogen-bond acceptors (Lipinski definition) is 6. The summed E-state index contributed by atoms with van der Waals surface area (Å²) in [5, 5.41) is 15.7. The molecule has 3 rings (SSSR count). The lowest BCUT2D eigenvalue weighted by Gasteiger charge is -2.09. The van der Waals surface area contributed by atoms with E-state index in [4.69, 9.17) is 0 Å². The number of carbonyl (C=O) groups excluding carboxylic acids is 1. The van der Waals surface area contributed by atoms with Crippen molar-refractivity contribution < 1.29 is 9.18 Å². The van der Waals surface area contributed by atoms with Crippen LogP contribution in [0.2, 0.25) is 0 Å². The second-order valence-corrected chi connectivity index (χ2v) is 6.42. The van der Waals surface area contributed by atoms with E-state index in [1.807, 2.05) is 13.8 Å². The Labute approximate surface area is 146 Å². The van der Waals surface area contributed by atoms with Crippen LogP contribution in [0.4, 0.5) is 9.52 Å². The molecule has 0 saturated carbocycles.